The molecule has 13 heavy (non-hydrogen) atoms. The van der Waals surface area contributed by atoms with E-state index in [2.05, 4.69) is 42.0 Å². The Morgan fingerprint density at radius 2 is 1.92 bits per heavy atom. The van der Waals surface area contributed by atoms with Crippen LogP contribution in [0.2, 0.25) is 0 Å². The average Bonchev–Trinajstić information content (AvgIpc) is 2.13. The van der Waals surface area contributed by atoms with E-state index in [1.807, 2.05) is 0 Å². The van der Waals surface area contributed by atoms with Crippen molar-refractivity contribution in [1.29, 1.82) is 0 Å². The molecule has 0 spiro atoms. The van der Waals surface area contributed by atoms with Gasteiger partial charge in [0.2, 0.25) is 0 Å². The second kappa shape index (κ2) is 7.77. The number of halogens is 1. The van der Waals surface area contributed by atoms with E-state index in [0.29, 0.717) is 18.0 Å². The molecule has 0 bridgehead atoms. The summed E-state index contributed by atoms with van der Waals surface area (Å²) in [6, 6.07) is 1.10. The van der Waals surface area contributed by atoms with E-state index in [0.717, 1.165) is 18.4 Å². The van der Waals surface area contributed by atoms with Crippen LogP contribution in [0.4, 0.5) is 0 Å². The lowest BCUT2D eigenvalue weighted by atomic mass is 10.1. The largest absolute Gasteiger partial charge is 0.385 e. The van der Waals surface area contributed by atoms with Gasteiger partial charge in [0.15, 0.2) is 0 Å². The molecule has 0 aliphatic carbocycles. The van der Waals surface area contributed by atoms with Gasteiger partial charge in [-0.3, -0.25) is 0 Å². The zero-order valence-corrected chi connectivity index (χ0v) is 10.7. The molecule has 0 aliphatic rings. The highest BCUT2D eigenvalue weighted by atomic mass is 79.9. The third-order valence-corrected chi connectivity index (χ3v) is 3.42. The van der Waals surface area contributed by atoms with Gasteiger partial charge in [-0.25, -0.2) is 0 Å². The molecule has 0 aromatic carbocycles. The van der Waals surface area contributed by atoms with Gasteiger partial charge >= 0.3 is 0 Å². The summed E-state index contributed by atoms with van der Waals surface area (Å²) in [6.07, 6.45) is 1.08. The zero-order chi connectivity index (χ0) is 10.3. The number of methoxy groups -OCH3 is 1. The maximum atomic E-state index is 5.03. The first-order valence-electron chi connectivity index (χ1n) is 4.92. The van der Waals surface area contributed by atoms with Gasteiger partial charge in [0.1, 0.15) is 0 Å². The Morgan fingerprint density at radius 1 is 1.31 bits per heavy atom. The molecule has 2 nitrogen and oxygen atoms in total. The van der Waals surface area contributed by atoms with Gasteiger partial charge in [-0.15, -0.1) is 0 Å². The molecule has 0 aromatic rings. The van der Waals surface area contributed by atoms with Crippen molar-refractivity contribution >= 4 is 15.9 Å². The summed E-state index contributed by atoms with van der Waals surface area (Å²) in [6.45, 7) is 7.52. The normalized spacial score (nSPS) is 18.2. The molecule has 3 unspecified atom stereocenters. The van der Waals surface area contributed by atoms with Crippen molar-refractivity contribution in [2.24, 2.45) is 5.92 Å². The van der Waals surface area contributed by atoms with Crippen molar-refractivity contribution in [3.8, 4) is 0 Å². The van der Waals surface area contributed by atoms with Gasteiger partial charge in [-0.2, -0.15) is 0 Å². The Kier molecular flexibility index (Phi) is 8.01. The fourth-order valence-electron chi connectivity index (χ4n) is 1.12. The molecule has 0 saturated carbocycles. The number of rotatable bonds is 7. The second-order valence-corrected chi connectivity index (χ2v) is 4.42. The molecule has 0 heterocycles. The lowest BCUT2D eigenvalue weighted by Crippen LogP contribution is -2.39. The number of nitrogens with one attached hydrogen (secondary N) is 1. The standard InChI is InChI=1S/C10H22BrNO/c1-8(7-11)10(3)12-9(2)5-6-13-4/h8-10,12H,5-7H2,1-4H3. The summed E-state index contributed by atoms with van der Waals surface area (Å²) >= 11 is 3.49. The Morgan fingerprint density at radius 3 is 2.38 bits per heavy atom. The van der Waals surface area contributed by atoms with Crippen molar-refractivity contribution in [3.63, 3.8) is 0 Å². The predicted octanol–water partition coefficient (Wildman–Crippen LogP) is 2.42. The van der Waals surface area contributed by atoms with Crippen LogP contribution in [0.15, 0.2) is 0 Å². The summed E-state index contributed by atoms with van der Waals surface area (Å²) in [5.41, 5.74) is 0. The first-order chi connectivity index (χ1) is 6.11. The summed E-state index contributed by atoms with van der Waals surface area (Å²) in [5.74, 6) is 0.671. The van der Waals surface area contributed by atoms with Crippen molar-refractivity contribution in [1.82, 2.24) is 5.32 Å². The fraction of sp³-hybridized carbons (Fsp3) is 1.00. The minimum absolute atomic E-state index is 0.538. The van der Waals surface area contributed by atoms with E-state index in [9.17, 15) is 0 Å². The third-order valence-electron chi connectivity index (χ3n) is 2.40. The molecule has 0 aromatic heterocycles. The Bertz CT molecular complexity index is 121. The van der Waals surface area contributed by atoms with E-state index in [-0.39, 0.29) is 0 Å². The molecule has 0 aliphatic heterocycles. The Hall–Kier alpha value is 0.400. The molecular formula is C10H22BrNO. The summed E-state index contributed by atoms with van der Waals surface area (Å²) < 4.78 is 5.03. The van der Waals surface area contributed by atoms with Gasteiger partial charge in [-0.05, 0) is 26.2 Å². The molecule has 3 atom stereocenters. The smallest absolute Gasteiger partial charge is 0.0476 e. The van der Waals surface area contributed by atoms with Crippen LogP contribution >= 0.6 is 15.9 Å². The van der Waals surface area contributed by atoms with Crippen LogP contribution in [-0.2, 0) is 4.74 Å². The number of hydrogen-bond donors (Lipinski definition) is 1. The average molecular weight is 252 g/mol. The van der Waals surface area contributed by atoms with Crippen molar-refractivity contribution < 1.29 is 4.74 Å². The third kappa shape index (κ3) is 6.47. The van der Waals surface area contributed by atoms with Gasteiger partial charge in [0, 0.05) is 31.1 Å². The number of hydrogen-bond acceptors (Lipinski definition) is 2. The van der Waals surface area contributed by atoms with Crippen LogP contribution in [0.1, 0.15) is 27.2 Å². The molecule has 1 N–H and O–H groups in total. The first kappa shape index (κ1) is 13.4. The van der Waals surface area contributed by atoms with Gasteiger partial charge in [0.25, 0.3) is 0 Å². The maximum absolute atomic E-state index is 5.03. The van der Waals surface area contributed by atoms with Crippen LogP contribution in [0.3, 0.4) is 0 Å². The molecule has 3 heteroatoms. The highest BCUT2D eigenvalue weighted by Crippen LogP contribution is 2.07. The monoisotopic (exact) mass is 251 g/mol. The van der Waals surface area contributed by atoms with Crippen LogP contribution in [0, 0.1) is 5.92 Å². The van der Waals surface area contributed by atoms with Crippen LogP contribution in [0.25, 0.3) is 0 Å². The van der Waals surface area contributed by atoms with E-state index < -0.39 is 0 Å². The summed E-state index contributed by atoms with van der Waals surface area (Å²) in [5, 5.41) is 4.61. The van der Waals surface area contributed by atoms with Gasteiger partial charge < -0.3 is 10.1 Å². The fourth-order valence-corrected chi connectivity index (χ4v) is 1.69. The Balaban J connectivity index is 3.57. The highest BCUT2D eigenvalue weighted by Gasteiger charge is 2.12. The van der Waals surface area contributed by atoms with Gasteiger partial charge in [-0.1, -0.05) is 22.9 Å². The lowest BCUT2D eigenvalue weighted by molar-refractivity contribution is 0.181. The Labute approximate surface area is 90.6 Å². The first-order valence-corrected chi connectivity index (χ1v) is 6.04. The van der Waals surface area contributed by atoms with E-state index in [4.69, 9.17) is 4.74 Å². The number of ether oxygens (including phenoxy) is 1. The van der Waals surface area contributed by atoms with Crippen molar-refractivity contribution in [2.75, 3.05) is 19.0 Å². The minimum Gasteiger partial charge on any atom is -0.385 e. The van der Waals surface area contributed by atoms with E-state index in [1.54, 1.807) is 7.11 Å². The summed E-state index contributed by atoms with van der Waals surface area (Å²) in [4.78, 5) is 0. The molecule has 0 amide bonds. The molecular weight excluding hydrogens is 230 g/mol. The van der Waals surface area contributed by atoms with E-state index in [1.165, 1.54) is 0 Å². The molecule has 0 fully saturated rings. The molecule has 0 saturated heterocycles. The molecule has 0 rings (SSSR count). The summed E-state index contributed by atoms with van der Waals surface area (Å²) in [7, 11) is 1.75. The van der Waals surface area contributed by atoms with Crippen LogP contribution in [0.5, 0.6) is 0 Å². The second-order valence-electron chi connectivity index (χ2n) is 3.77. The van der Waals surface area contributed by atoms with Crippen LogP contribution < -0.4 is 5.32 Å². The molecule has 0 radical (unpaired) electrons. The molecule has 80 valence electrons. The maximum Gasteiger partial charge on any atom is 0.0476 e. The minimum atomic E-state index is 0.538. The van der Waals surface area contributed by atoms with Crippen molar-refractivity contribution in [3.05, 3.63) is 0 Å². The topological polar surface area (TPSA) is 21.3 Å². The SMILES string of the molecule is COCCC(C)NC(C)C(C)CBr. The van der Waals surface area contributed by atoms with Crippen LogP contribution in [-0.4, -0.2) is 31.1 Å². The zero-order valence-electron chi connectivity index (χ0n) is 9.14. The van der Waals surface area contributed by atoms with E-state index >= 15 is 0 Å². The highest BCUT2D eigenvalue weighted by molar-refractivity contribution is 9.09. The lowest BCUT2D eigenvalue weighted by Gasteiger charge is -2.23. The van der Waals surface area contributed by atoms with Gasteiger partial charge in [0.05, 0.1) is 0 Å². The number of alkyl halides is 1. The predicted molar refractivity (Wildman–Crippen MR) is 61.5 cm³/mol. The van der Waals surface area contributed by atoms with Crippen molar-refractivity contribution in [2.45, 2.75) is 39.3 Å². The quantitative estimate of drug-likeness (QED) is 0.702.